The normalized spacial score (nSPS) is 13.0. The minimum Gasteiger partial charge on any atom is -0.325 e. The van der Waals surface area contributed by atoms with E-state index in [1.165, 1.54) is 25.0 Å². The maximum absolute atomic E-state index is 13.4. The van der Waals surface area contributed by atoms with Crippen molar-refractivity contribution in [2.45, 2.75) is 58.4 Å². The molecule has 0 fully saturated rings. The highest BCUT2D eigenvalue weighted by atomic mass is 35.5. The molecule has 0 aliphatic rings. The van der Waals surface area contributed by atoms with Crippen molar-refractivity contribution >= 4 is 22.6 Å². The first-order valence-electron chi connectivity index (χ1n) is 7.93. The zero-order chi connectivity index (χ0) is 15.2. The summed E-state index contributed by atoms with van der Waals surface area (Å²) in [4.78, 5) is 4.61. The van der Waals surface area contributed by atoms with Crippen molar-refractivity contribution < 1.29 is 4.39 Å². The predicted molar refractivity (Wildman–Crippen MR) is 87.6 cm³/mol. The molecule has 0 bridgehead atoms. The largest absolute Gasteiger partial charge is 0.325 e. The molecule has 1 heterocycles. The molecule has 0 N–H and O–H groups in total. The van der Waals surface area contributed by atoms with Gasteiger partial charge in [-0.1, -0.05) is 33.1 Å². The van der Waals surface area contributed by atoms with E-state index in [9.17, 15) is 4.39 Å². The number of aryl methyl sites for hydroxylation is 1. The van der Waals surface area contributed by atoms with Crippen LogP contribution in [0, 0.1) is 5.82 Å². The molecule has 2 rings (SSSR count). The lowest BCUT2D eigenvalue weighted by Crippen LogP contribution is -2.13. The molecule has 116 valence electrons. The summed E-state index contributed by atoms with van der Waals surface area (Å²) in [5.74, 6) is 1.30. The van der Waals surface area contributed by atoms with Crippen LogP contribution in [-0.2, 0) is 6.42 Å². The summed E-state index contributed by atoms with van der Waals surface area (Å²) in [6, 6.07) is 5.33. The Hall–Kier alpha value is -1.09. The second kappa shape index (κ2) is 7.79. The third-order valence-corrected chi connectivity index (χ3v) is 4.11. The lowest BCUT2D eigenvalue weighted by molar-refractivity contribution is 0.415. The molecule has 1 aromatic carbocycles. The van der Waals surface area contributed by atoms with Gasteiger partial charge in [0.05, 0.1) is 11.0 Å². The van der Waals surface area contributed by atoms with Gasteiger partial charge in [-0.15, -0.1) is 11.6 Å². The van der Waals surface area contributed by atoms with Gasteiger partial charge in [0.2, 0.25) is 0 Å². The lowest BCUT2D eigenvalue weighted by atomic mass is 10.0. The van der Waals surface area contributed by atoms with Crippen molar-refractivity contribution in [2.24, 2.45) is 0 Å². The molecule has 0 aliphatic carbocycles. The van der Waals surface area contributed by atoms with Crippen LogP contribution in [0.3, 0.4) is 0 Å². The topological polar surface area (TPSA) is 17.8 Å². The highest BCUT2D eigenvalue weighted by Crippen LogP contribution is 2.29. The van der Waals surface area contributed by atoms with E-state index in [1.807, 2.05) is 6.07 Å². The van der Waals surface area contributed by atoms with Gasteiger partial charge in [0.25, 0.3) is 0 Å². The van der Waals surface area contributed by atoms with E-state index >= 15 is 0 Å². The number of halogens is 2. The van der Waals surface area contributed by atoms with E-state index in [0.717, 1.165) is 42.5 Å². The van der Waals surface area contributed by atoms with Crippen molar-refractivity contribution in [3.05, 3.63) is 29.8 Å². The number of fused-ring (bicyclic) bond motifs is 1. The van der Waals surface area contributed by atoms with Gasteiger partial charge in [-0.25, -0.2) is 9.37 Å². The summed E-state index contributed by atoms with van der Waals surface area (Å²) in [6.07, 6.45) is 6.51. The molecule has 4 heteroatoms. The van der Waals surface area contributed by atoms with Gasteiger partial charge >= 0.3 is 0 Å². The molecule has 1 atom stereocenters. The first kappa shape index (κ1) is 16.3. The van der Waals surface area contributed by atoms with E-state index in [1.54, 1.807) is 0 Å². The number of unbranched alkanes of at least 4 members (excludes halogenated alkanes) is 1. The molecule has 0 radical (unpaired) electrons. The molecule has 0 spiro atoms. The highest BCUT2D eigenvalue weighted by molar-refractivity contribution is 6.17. The van der Waals surface area contributed by atoms with Gasteiger partial charge in [-0.05, 0) is 25.0 Å². The highest BCUT2D eigenvalue weighted by Gasteiger charge is 2.18. The van der Waals surface area contributed by atoms with Crippen LogP contribution in [0.2, 0.25) is 0 Å². The maximum atomic E-state index is 13.4. The van der Waals surface area contributed by atoms with Gasteiger partial charge in [-0.3, -0.25) is 0 Å². The molecule has 21 heavy (non-hydrogen) atoms. The predicted octanol–water partition coefficient (Wildman–Crippen LogP) is 5.49. The van der Waals surface area contributed by atoms with E-state index in [2.05, 4.69) is 23.4 Å². The minimum atomic E-state index is -0.231. The summed E-state index contributed by atoms with van der Waals surface area (Å²) < 4.78 is 15.7. The summed E-state index contributed by atoms with van der Waals surface area (Å²) >= 11 is 5.93. The number of imidazole rings is 1. The molecule has 0 saturated heterocycles. The standard InChI is InChI=1S/C17H24ClFN2/c1-3-5-7-14(6-4-2)21-16-9-8-13(19)12-15(16)20-17(21)10-11-18/h8-9,12,14H,3-7,10-11H2,1-2H3. The molecular weight excluding hydrogens is 287 g/mol. The zero-order valence-electron chi connectivity index (χ0n) is 12.9. The average molecular weight is 311 g/mol. The van der Waals surface area contributed by atoms with Crippen molar-refractivity contribution in [1.29, 1.82) is 0 Å². The Morgan fingerprint density at radius 3 is 2.71 bits per heavy atom. The third kappa shape index (κ3) is 3.76. The SMILES string of the molecule is CCCCC(CCC)n1c(CCCl)nc2cc(F)ccc21. The number of benzene rings is 1. The number of rotatable bonds is 8. The molecule has 1 aromatic heterocycles. The number of nitrogens with zero attached hydrogens (tertiary/aromatic N) is 2. The fourth-order valence-corrected chi connectivity index (χ4v) is 3.13. The van der Waals surface area contributed by atoms with Crippen LogP contribution in [0.5, 0.6) is 0 Å². The van der Waals surface area contributed by atoms with Crippen LogP contribution in [0.4, 0.5) is 4.39 Å². The molecule has 0 amide bonds. The molecule has 1 unspecified atom stereocenters. The second-order valence-electron chi connectivity index (χ2n) is 5.55. The Bertz CT molecular complexity index is 579. The molecule has 2 nitrogen and oxygen atoms in total. The Balaban J connectivity index is 2.48. The summed E-state index contributed by atoms with van der Waals surface area (Å²) in [5, 5.41) is 0. The van der Waals surface area contributed by atoms with E-state index in [4.69, 9.17) is 11.6 Å². The summed E-state index contributed by atoms with van der Waals surface area (Å²) in [5.41, 5.74) is 1.78. The monoisotopic (exact) mass is 310 g/mol. The van der Waals surface area contributed by atoms with Crippen LogP contribution in [0.25, 0.3) is 11.0 Å². The van der Waals surface area contributed by atoms with Crippen LogP contribution >= 0.6 is 11.6 Å². The molecule has 0 aliphatic heterocycles. The van der Waals surface area contributed by atoms with Crippen LogP contribution < -0.4 is 0 Å². The maximum Gasteiger partial charge on any atom is 0.125 e. The number of hydrogen-bond acceptors (Lipinski definition) is 1. The Morgan fingerprint density at radius 1 is 1.24 bits per heavy atom. The average Bonchev–Trinajstić information content (AvgIpc) is 2.81. The smallest absolute Gasteiger partial charge is 0.125 e. The summed E-state index contributed by atoms with van der Waals surface area (Å²) in [6.45, 7) is 4.42. The fourth-order valence-electron chi connectivity index (χ4n) is 2.97. The fraction of sp³-hybridized carbons (Fsp3) is 0.588. The van der Waals surface area contributed by atoms with E-state index in [-0.39, 0.29) is 5.82 Å². The van der Waals surface area contributed by atoms with Gasteiger partial charge in [0.15, 0.2) is 0 Å². The number of aromatic nitrogens is 2. The Kier molecular flexibility index (Phi) is 6.04. The van der Waals surface area contributed by atoms with Crippen molar-refractivity contribution in [3.63, 3.8) is 0 Å². The third-order valence-electron chi connectivity index (χ3n) is 3.92. The molecule has 0 saturated carbocycles. The zero-order valence-corrected chi connectivity index (χ0v) is 13.7. The quantitative estimate of drug-likeness (QED) is 0.590. The first-order valence-corrected chi connectivity index (χ1v) is 8.47. The molecular formula is C17H24ClFN2. The Morgan fingerprint density at radius 2 is 2.05 bits per heavy atom. The Labute approximate surface area is 131 Å². The second-order valence-corrected chi connectivity index (χ2v) is 5.93. The van der Waals surface area contributed by atoms with Gasteiger partial charge in [0.1, 0.15) is 11.6 Å². The molecule has 2 aromatic rings. The van der Waals surface area contributed by atoms with E-state index in [0.29, 0.717) is 11.9 Å². The summed E-state index contributed by atoms with van der Waals surface area (Å²) in [7, 11) is 0. The minimum absolute atomic E-state index is 0.231. The number of hydrogen-bond donors (Lipinski definition) is 0. The van der Waals surface area contributed by atoms with Gasteiger partial charge in [0, 0.05) is 24.4 Å². The van der Waals surface area contributed by atoms with E-state index < -0.39 is 0 Å². The van der Waals surface area contributed by atoms with Crippen molar-refractivity contribution in [3.8, 4) is 0 Å². The van der Waals surface area contributed by atoms with Gasteiger partial charge < -0.3 is 4.57 Å². The van der Waals surface area contributed by atoms with Crippen LogP contribution in [0.1, 0.15) is 57.8 Å². The van der Waals surface area contributed by atoms with Gasteiger partial charge in [-0.2, -0.15) is 0 Å². The van der Waals surface area contributed by atoms with Crippen LogP contribution in [0.15, 0.2) is 18.2 Å². The van der Waals surface area contributed by atoms with Crippen molar-refractivity contribution in [2.75, 3.05) is 5.88 Å². The van der Waals surface area contributed by atoms with Crippen molar-refractivity contribution in [1.82, 2.24) is 9.55 Å². The lowest BCUT2D eigenvalue weighted by Gasteiger charge is -2.21. The number of alkyl halides is 1. The van der Waals surface area contributed by atoms with Crippen LogP contribution in [-0.4, -0.2) is 15.4 Å². The first-order chi connectivity index (χ1) is 10.2.